The van der Waals surface area contributed by atoms with Gasteiger partial charge in [0.05, 0.1) is 18.0 Å². The third kappa shape index (κ3) is 2.61. The van der Waals surface area contributed by atoms with Crippen molar-refractivity contribution in [2.24, 2.45) is 11.3 Å². The van der Waals surface area contributed by atoms with Crippen molar-refractivity contribution in [1.82, 2.24) is 4.90 Å². The van der Waals surface area contributed by atoms with Gasteiger partial charge in [0.25, 0.3) is 0 Å². The van der Waals surface area contributed by atoms with Crippen LogP contribution in [-0.4, -0.2) is 37.2 Å². The highest BCUT2D eigenvalue weighted by Gasteiger charge is 2.50. The van der Waals surface area contributed by atoms with Crippen LogP contribution in [-0.2, 0) is 0 Å². The lowest BCUT2D eigenvalue weighted by Crippen LogP contribution is -2.47. The fraction of sp³-hybridized carbons (Fsp3) is 0.714. The predicted octanol–water partition coefficient (Wildman–Crippen LogP) is 4.31. The number of likely N-dealkylation sites (tertiary alicyclic amines) is 1. The summed E-state index contributed by atoms with van der Waals surface area (Å²) < 4.78 is 0. The lowest BCUT2D eigenvalue weighted by Gasteiger charge is -2.41. The predicted molar refractivity (Wildman–Crippen MR) is 100 cm³/mol. The number of nitrogens with one attached hydrogen (secondary N) is 1. The van der Waals surface area contributed by atoms with Gasteiger partial charge < -0.3 is 15.1 Å². The summed E-state index contributed by atoms with van der Waals surface area (Å²) in [6, 6.07) is 9.52. The summed E-state index contributed by atoms with van der Waals surface area (Å²) in [7, 11) is 0. The lowest BCUT2D eigenvalue weighted by molar-refractivity contribution is 0.116. The fourth-order valence-corrected chi connectivity index (χ4v) is 5.66. The van der Waals surface area contributed by atoms with E-state index < -0.39 is 0 Å². The molecule has 3 nitrogen and oxygen atoms in total. The Morgan fingerprint density at radius 3 is 2.67 bits per heavy atom. The summed E-state index contributed by atoms with van der Waals surface area (Å²) in [6.45, 7) is 4.99. The molecule has 1 spiro atoms. The summed E-state index contributed by atoms with van der Waals surface area (Å²) in [6.07, 6.45) is 11.7. The molecule has 0 radical (unpaired) electrons. The lowest BCUT2D eigenvalue weighted by atomic mass is 9.76. The van der Waals surface area contributed by atoms with Crippen molar-refractivity contribution in [3.05, 3.63) is 24.3 Å². The molecule has 2 aliphatic carbocycles. The molecule has 2 saturated carbocycles. The van der Waals surface area contributed by atoms with Gasteiger partial charge in [0.15, 0.2) is 0 Å². The van der Waals surface area contributed by atoms with Gasteiger partial charge in [-0.2, -0.15) is 0 Å². The molecule has 24 heavy (non-hydrogen) atoms. The first-order valence-corrected chi connectivity index (χ1v) is 10.2. The van der Waals surface area contributed by atoms with Crippen LogP contribution in [0.5, 0.6) is 0 Å². The Labute approximate surface area is 146 Å². The van der Waals surface area contributed by atoms with E-state index in [4.69, 9.17) is 0 Å². The summed E-state index contributed by atoms with van der Waals surface area (Å²) in [5.74, 6) is 1.01. The van der Waals surface area contributed by atoms with Gasteiger partial charge in [-0.1, -0.05) is 25.0 Å². The summed E-state index contributed by atoms with van der Waals surface area (Å²) in [4.78, 5) is 5.40. The van der Waals surface area contributed by atoms with Crippen LogP contribution in [0.3, 0.4) is 0 Å². The van der Waals surface area contributed by atoms with Crippen LogP contribution in [0, 0.1) is 11.3 Å². The second-order valence-corrected chi connectivity index (χ2v) is 8.66. The Bertz CT molecular complexity index is 587. The number of para-hydroxylation sites is 2. The van der Waals surface area contributed by atoms with E-state index in [0.29, 0.717) is 0 Å². The smallest absolute Gasteiger partial charge is 0.0880 e. The molecule has 2 heterocycles. The Morgan fingerprint density at radius 2 is 1.83 bits per heavy atom. The highest BCUT2D eigenvalue weighted by atomic mass is 15.3. The molecule has 1 aromatic carbocycles. The monoisotopic (exact) mass is 325 g/mol. The van der Waals surface area contributed by atoms with Gasteiger partial charge in [-0.3, -0.25) is 0 Å². The molecule has 130 valence electrons. The van der Waals surface area contributed by atoms with Gasteiger partial charge in [-0.15, -0.1) is 0 Å². The molecular weight excluding hydrogens is 294 g/mol. The van der Waals surface area contributed by atoms with Crippen LogP contribution in [0.25, 0.3) is 0 Å². The molecule has 1 atom stereocenters. The van der Waals surface area contributed by atoms with E-state index in [0.717, 1.165) is 24.0 Å². The topological polar surface area (TPSA) is 18.5 Å². The number of benzene rings is 1. The highest BCUT2D eigenvalue weighted by molar-refractivity contribution is 5.74. The normalized spacial score (nSPS) is 29.5. The second kappa shape index (κ2) is 5.94. The van der Waals surface area contributed by atoms with E-state index in [9.17, 15) is 0 Å². The molecule has 1 N–H and O–H groups in total. The molecule has 3 fully saturated rings. The number of hydrogen-bond donors (Lipinski definition) is 1. The van der Waals surface area contributed by atoms with E-state index in [1.54, 1.807) is 0 Å². The maximum atomic E-state index is 3.56. The van der Waals surface area contributed by atoms with E-state index in [1.165, 1.54) is 82.4 Å². The first-order chi connectivity index (χ1) is 11.8. The Morgan fingerprint density at radius 1 is 1.00 bits per heavy atom. The van der Waals surface area contributed by atoms with Gasteiger partial charge in [0.1, 0.15) is 0 Å². The van der Waals surface area contributed by atoms with Crippen LogP contribution in [0.2, 0.25) is 0 Å². The molecule has 1 unspecified atom stereocenters. The fourth-order valence-electron chi connectivity index (χ4n) is 5.66. The van der Waals surface area contributed by atoms with Gasteiger partial charge in [-0.25, -0.2) is 0 Å². The summed E-state index contributed by atoms with van der Waals surface area (Å²) in [5.41, 5.74) is 3.53. The van der Waals surface area contributed by atoms with Crippen molar-refractivity contribution in [1.29, 1.82) is 0 Å². The number of hydrogen-bond acceptors (Lipinski definition) is 3. The minimum atomic E-state index is 0.721. The molecule has 0 amide bonds. The van der Waals surface area contributed by atoms with Gasteiger partial charge in [0.2, 0.25) is 0 Å². The molecule has 1 aromatic rings. The maximum absolute atomic E-state index is 3.56. The van der Waals surface area contributed by atoms with E-state index in [2.05, 4.69) is 39.4 Å². The molecule has 4 aliphatic rings. The van der Waals surface area contributed by atoms with E-state index in [1.807, 2.05) is 0 Å². The van der Waals surface area contributed by atoms with Crippen LogP contribution in [0.15, 0.2) is 24.3 Å². The zero-order valence-electron chi connectivity index (χ0n) is 14.8. The van der Waals surface area contributed by atoms with Crippen LogP contribution in [0.4, 0.5) is 11.4 Å². The molecule has 3 heteroatoms. The molecule has 2 aliphatic heterocycles. The molecule has 0 bridgehead atoms. The van der Waals surface area contributed by atoms with E-state index in [-0.39, 0.29) is 0 Å². The Kier molecular flexibility index (Phi) is 3.73. The average Bonchev–Trinajstić information content (AvgIpc) is 3.26. The number of nitrogens with zero attached hydrogens (tertiary/aromatic N) is 2. The summed E-state index contributed by atoms with van der Waals surface area (Å²) >= 11 is 0. The van der Waals surface area contributed by atoms with Crippen molar-refractivity contribution in [2.45, 2.75) is 57.4 Å². The van der Waals surface area contributed by atoms with Gasteiger partial charge in [0, 0.05) is 25.7 Å². The van der Waals surface area contributed by atoms with Crippen molar-refractivity contribution < 1.29 is 0 Å². The standard InChI is InChI=1S/C21H31N3/c1-2-7-20-19(6-1)22-16-24(20)18-8-13-23(14-9-18)15-17-5-3-4-10-21(17)11-12-21/h1-2,6-7,17-18,22H,3-5,8-16H2. The minimum Gasteiger partial charge on any atom is -0.366 e. The number of rotatable bonds is 3. The largest absolute Gasteiger partial charge is 0.366 e. The van der Waals surface area contributed by atoms with Crippen molar-refractivity contribution in [3.8, 4) is 0 Å². The first-order valence-electron chi connectivity index (χ1n) is 10.2. The van der Waals surface area contributed by atoms with Gasteiger partial charge >= 0.3 is 0 Å². The summed E-state index contributed by atoms with van der Waals surface area (Å²) in [5, 5.41) is 3.56. The quantitative estimate of drug-likeness (QED) is 0.893. The van der Waals surface area contributed by atoms with Gasteiger partial charge in [-0.05, 0) is 62.0 Å². The SMILES string of the molecule is c1ccc2c(c1)NCN2C1CCN(CC2CCCCC23CC3)CC1. The molecule has 1 saturated heterocycles. The van der Waals surface area contributed by atoms with Crippen molar-refractivity contribution >= 4 is 11.4 Å². The molecule has 0 aromatic heterocycles. The third-order valence-corrected chi connectivity index (χ3v) is 7.37. The molecular formula is C21H31N3. The second-order valence-electron chi connectivity index (χ2n) is 8.66. The zero-order valence-corrected chi connectivity index (χ0v) is 14.8. The van der Waals surface area contributed by atoms with Crippen molar-refractivity contribution in [3.63, 3.8) is 0 Å². The number of anilines is 2. The van der Waals surface area contributed by atoms with Crippen LogP contribution in [0.1, 0.15) is 51.4 Å². The van der Waals surface area contributed by atoms with Crippen molar-refractivity contribution in [2.75, 3.05) is 36.5 Å². The molecule has 5 rings (SSSR count). The Balaban J connectivity index is 1.18. The Hall–Kier alpha value is -1.22. The highest BCUT2D eigenvalue weighted by Crippen LogP contribution is 2.59. The number of piperidine rings is 1. The minimum absolute atomic E-state index is 0.721. The zero-order chi connectivity index (χ0) is 16.0. The maximum Gasteiger partial charge on any atom is 0.0880 e. The average molecular weight is 326 g/mol. The first kappa shape index (κ1) is 15.1. The third-order valence-electron chi connectivity index (χ3n) is 7.37. The van der Waals surface area contributed by atoms with E-state index >= 15 is 0 Å². The van der Waals surface area contributed by atoms with Crippen LogP contribution < -0.4 is 10.2 Å². The number of fused-ring (bicyclic) bond motifs is 1. The van der Waals surface area contributed by atoms with Crippen LogP contribution >= 0.6 is 0 Å².